The maximum Gasteiger partial charge on any atom is 0.161 e. The van der Waals surface area contributed by atoms with Crippen molar-refractivity contribution < 1.29 is 4.74 Å². The van der Waals surface area contributed by atoms with E-state index in [4.69, 9.17) is 14.7 Å². The number of ether oxygens (including phenoxy) is 1. The summed E-state index contributed by atoms with van der Waals surface area (Å²) in [5.74, 6) is 2.40. The van der Waals surface area contributed by atoms with E-state index < -0.39 is 5.41 Å². The van der Waals surface area contributed by atoms with Gasteiger partial charge in [0, 0.05) is 27.8 Å². The second kappa shape index (κ2) is 12.0. The summed E-state index contributed by atoms with van der Waals surface area (Å²) in [7, 11) is 0. The van der Waals surface area contributed by atoms with Gasteiger partial charge >= 0.3 is 0 Å². The van der Waals surface area contributed by atoms with Crippen LogP contribution in [0.1, 0.15) is 22.3 Å². The Morgan fingerprint density at radius 3 is 1.65 bits per heavy atom. The number of hydrogen-bond donors (Lipinski definition) is 0. The van der Waals surface area contributed by atoms with Crippen LogP contribution in [0.2, 0.25) is 0 Å². The second-order valence-electron chi connectivity index (χ2n) is 14.1. The van der Waals surface area contributed by atoms with E-state index in [0.717, 1.165) is 61.8 Å². The Bertz CT molecular complexity index is 2880. The van der Waals surface area contributed by atoms with Gasteiger partial charge in [-0.1, -0.05) is 170 Å². The van der Waals surface area contributed by atoms with Gasteiger partial charge in [-0.15, -0.1) is 0 Å². The van der Waals surface area contributed by atoms with Crippen molar-refractivity contribution in [1.29, 1.82) is 0 Å². The zero-order valence-electron chi connectivity index (χ0n) is 29.3. The lowest BCUT2D eigenvalue weighted by atomic mass is 9.66. The van der Waals surface area contributed by atoms with Gasteiger partial charge in [0.2, 0.25) is 0 Å². The zero-order valence-corrected chi connectivity index (χ0v) is 29.3. The fourth-order valence-corrected chi connectivity index (χ4v) is 8.78. The van der Waals surface area contributed by atoms with Crippen molar-refractivity contribution in [3.05, 3.63) is 216 Å². The molecule has 9 aromatic rings. The molecule has 54 heavy (non-hydrogen) atoms. The van der Waals surface area contributed by atoms with Crippen molar-refractivity contribution in [2.24, 2.45) is 0 Å². The van der Waals surface area contributed by atoms with Crippen LogP contribution in [-0.2, 0) is 5.41 Å². The highest BCUT2D eigenvalue weighted by molar-refractivity contribution is 5.91. The molecule has 0 fully saturated rings. The molecule has 0 N–H and O–H groups in total. The topological polar surface area (TPSA) is 35.0 Å². The van der Waals surface area contributed by atoms with Gasteiger partial charge in [0.05, 0.1) is 16.8 Å². The van der Waals surface area contributed by atoms with Crippen molar-refractivity contribution >= 4 is 10.8 Å². The molecule has 0 saturated heterocycles. The number of aromatic nitrogens is 2. The van der Waals surface area contributed by atoms with E-state index in [-0.39, 0.29) is 0 Å². The van der Waals surface area contributed by atoms with E-state index in [1.807, 2.05) is 6.07 Å². The molecule has 2 aliphatic rings. The monoisotopic (exact) mass is 688 g/mol. The summed E-state index contributed by atoms with van der Waals surface area (Å²) >= 11 is 0. The maximum atomic E-state index is 6.86. The maximum absolute atomic E-state index is 6.86. The van der Waals surface area contributed by atoms with Gasteiger partial charge in [-0.05, 0) is 68.4 Å². The van der Waals surface area contributed by atoms with Crippen molar-refractivity contribution in [3.63, 3.8) is 0 Å². The number of rotatable bonds is 4. The first-order valence-electron chi connectivity index (χ1n) is 18.4. The Labute approximate surface area is 313 Å². The van der Waals surface area contributed by atoms with Crippen molar-refractivity contribution in [2.45, 2.75) is 5.41 Å². The SMILES string of the molecule is c1ccc(-c2cc(-c3ccc4ccccc4c3)nc(-c3ccccc3-c3ccc4c(c3)Oc3ccccc3C43c4ccccc4-c4ccccc43)n2)cc1. The van der Waals surface area contributed by atoms with Gasteiger partial charge in [0.15, 0.2) is 5.82 Å². The van der Waals surface area contributed by atoms with Crippen LogP contribution < -0.4 is 4.74 Å². The Balaban J connectivity index is 1.10. The third-order valence-electron chi connectivity index (χ3n) is 11.2. The number of hydrogen-bond acceptors (Lipinski definition) is 3. The molecule has 1 aliphatic heterocycles. The summed E-state index contributed by atoms with van der Waals surface area (Å²) in [6, 6.07) is 68.8. The minimum Gasteiger partial charge on any atom is -0.457 e. The smallest absolute Gasteiger partial charge is 0.161 e. The first-order chi connectivity index (χ1) is 26.8. The average molecular weight is 689 g/mol. The largest absolute Gasteiger partial charge is 0.457 e. The minimum atomic E-state index is -0.503. The summed E-state index contributed by atoms with van der Waals surface area (Å²) < 4.78 is 6.86. The average Bonchev–Trinajstić information content (AvgIpc) is 3.54. The summed E-state index contributed by atoms with van der Waals surface area (Å²) in [4.78, 5) is 10.5. The Morgan fingerprint density at radius 2 is 0.889 bits per heavy atom. The molecule has 2 heterocycles. The summed E-state index contributed by atoms with van der Waals surface area (Å²) in [5.41, 5.74) is 13.8. The first kappa shape index (κ1) is 30.5. The lowest BCUT2D eigenvalue weighted by molar-refractivity contribution is 0.436. The highest BCUT2D eigenvalue weighted by Gasteiger charge is 2.50. The van der Waals surface area contributed by atoms with Gasteiger partial charge in [0.25, 0.3) is 0 Å². The quantitative estimate of drug-likeness (QED) is 0.185. The predicted octanol–water partition coefficient (Wildman–Crippen LogP) is 12.8. The second-order valence-corrected chi connectivity index (χ2v) is 14.1. The highest BCUT2D eigenvalue weighted by atomic mass is 16.5. The fourth-order valence-electron chi connectivity index (χ4n) is 8.78. The lowest BCUT2D eigenvalue weighted by Crippen LogP contribution is -2.32. The van der Waals surface area contributed by atoms with Gasteiger partial charge in [-0.3, -0.25) is 0 Å². The lowest BCUT2D eigenvalue weighted by Gasteiger charge is -2.39. The predicted molar refractivity (Wildman–Crippen MR) is 219 cm³/mol. The van der Waals surface area contributed by atoms with Crippen molar-refractivity contribution in [2.75, 3.05) is 0 Å². The van der Waals surface area contributed by atoms with Crippen LogP contribution in [0.3, 0.4) is 0 Å². The number of para-hydroxylation sites is 1. The molecule has 0 amide bonds. The fraction of sp³-hybridized carbons (Fsp3) is 0.0196. The molecule has 11 rings (SSSR count). The van der Waals surface area contributed by atoms with Crippen molar-refractivity contribution in [1.82, 2.24) is 9.97 Å². The third kappa shape index (κ3) is 4.55. The number of nitrogens with zero attached hydrogens (tertiary/aromatic N) is 2. The molecule has 0 radical (unpaired) electrons. The Morgan fingerprint density at radius 1 is 0.333 bits per heavy atom. The molecule has 252 valence electrons. The summed E-state index contributed by atoms with van der Waals surface area (Å²) in [5, 5.41) is 2.38. The van der Waals surface area contributed by atoms with E-state index in [1.165, 1.54) is 33.0 Å². The van der Waals surface area contributed by atoms with Crippen LogP contribution in [0.15, 0.2) is 194 Å². The molecular formula is C51H32N2O. The number of fused-ring (bicyclic) bond motifs is 10. The normalized spacial score (nSPS) is 13.1. The van der Waals surface area contributed by atoms with Gasteiger partial charge in [0.1, 0.15) is 11.5 Å². The minimum absolute atomic E-state index is 0.503. The molecule has 0 unspecified atom stereocenters. The van der Waals surface area contributed by atoms with Gasteiger partial charge in [-0.25, -0.2) is 9.97 Å². The summed E-state index contributed by atoms with van der Waals surface area (Å²) in [6.07, 6.45) is 0. The Hall–Kier alpha value is -7.10. The van der Waals surface area contributed by atoms with Gasteiger partial charge < -0.3 is 4.74 Å². The van der Waals surface area contributed by atoms with Crippen LogP contribution in [-0.4, -0.2) is 9.97 Å². The molecule has 8 aromatic carbocycles. The molecule has 3 heteroatoms. The van der Waals surface area contributed by atoms with Gasteiger partial charge in [-0.2, -0.15) is 0 Å². The Kier molecular flexibility index (Phi) is 6.77. The molecule has 0 bridgehead atoms. The van der Waals surface area contributed by atoms with Crippen LogP contribution in [0, 0.1) is 0 Å². The molecule has 3 nitrogen and oxygen atoms in total. The van der Waals surface area contributed by atoms with E-state index in [1.54, 1.807) is 0 Å². The van der Waals surface area contributed by atoms with Crippen LogP contribution in [0.5, 0.6) is 11.5 Å². The zero-order chi connectivity index (χ0) is 35.6. The van der Waals surface area contributed by atoms with Crippen LogP contribution in [0.25, 0.3) is 66.9 Å². The van der Waals surface area contributed by atoms with E-state index in [2.05, 4.69) is 188 Å². The first-order valence-corrected chi connectivity index (χ1v) is 18.4. The van der Waals surface area contributed by atoms with E-state index in [0.29, 0.717) is 5.82 Å². The van der Waals surface area contributed by atoms with Crippen LogP contribution >= 0.6 is 0 Å². The molecular weight excluding hydrogens is 657 g/mol. The van der Waals surface area contributed by atoms with Crippen molar-refractivity contribution in [3.8, 4) is 67.7 Å². The van der Waals surface area contributed by atoms with E-state index in [9.17, 15) is 0 Å². The highest BCUT2D eigenvalue weighted by Crippen LogP contribution is 2.62. The molecule has 0 saturated carbocycles. The van der Waals surface area contributed by atoms with E-state index >= 15 is 0 Å². The standard InChI is InChI=1S/C51H32N2O/c1-2-15-34(16-3-1)46-32-47(37-27-26-33-14-4-5-17-35(33)30-37)53-50(52-46)41-21-7-6-18-38(41)36-28-29-45-49(31-36)54-48-25-13-12-24-44(48)51(45)42-22-10-8-19-39(42)40-20-9-11-23-43(40)51/h1-32H. The molecule has 1 spiro atoms. The molecule has 0 atom stereocenters. The summed E-state index contributed by atoms with van der Waals surface area (Å²) in [6.45, 7) is 0. The third-order valence-corrected chi connectivity index (χ3v) is 11.2. The van der Waals surface area contributed by atoms with Crippen LogP contribution in [0.4, 0.5) is 0 Å². The molecule has 1 aromatic heterocycles. The number of benzene rings is 8. The molecule has 1 aliphatic carbocycles.